The van der Waals surface area contributed by atoms with Crippen LogP contribution < -0.4 is 10.7 Å². The second kappa shape index (κ2) is 13.6. The Morgan fingerprint density at radius 3 is 3.00 bits per heavy atom. The van der Waals surface area contributed by atoms with E-state index in [-0.39, 0.29) is 12.6 Å². The average Bonchev–Trinajstić information content (AvgIpc) is 2.16. The minimum atomic E-state index is -0.350. The lowest BCUT2D eigenvalue weighted by Gasteiger charge is -2.00. The molecule has 0 aliphatic heterocycles. The van der Waals surface area contributed by atoms with Gasteiger partial charge in [0.1, 0.15) is 0 Å². The highest BCUT2D eigenvalue weighted by molar-refractivity contribution is 7.02. The van der Waals surface area contributed by atoms with Gasteiger partial charge in [0.25, 0.3) is 0 Å². The molecule has 76 valence electrons. The largest absolute Gasteiger partial charge is 0.396 e. The van der Waals surface area contributed by atoms with Crippen LogP contribution in [0.3, 0.4) is 0 Å². The van der Waals surface area contributed by atoms with Crippen molar-refractivity contribution in [3.63, 3.8) is 0 Å². The molecule has 4 N–H and O–H groups in total. The van der Waals surface area contributed by atoms with E-state index in [0.717, 1.165) is 0 Å². The molecule has 0 saturated heterocycles. The number of hydrazone groups is 1. The summed E-state index contributed by atoms with van der Waals surface area (Å²) < 4.78 is 5.75. The maximum Gasteiger partial charge on any atom is 0.335 e. The Hall–Kier alpha value is -1.00. The second-order valence-corrected chi connectivity index (χ2v) is 1.83. The van der Waals surface area contributed by atoms with Gasteiger partial charge in [0.15, 0.2) is 1.41 Å². The van der Waals surface area contributed by atoms with Crippen LogP contribution in [-0.4, -0.2) is 30.5 Å². The first-order chi connectivity index (χ1) is 6.72. The summed E-state index contributed by atoms with van der Waals surface area (Å²) in [6.45, 7) is 2.24. The monoisotopic (exact) mass is 207 g/mol. The summed E-state index contributed by atoms with van der Waals surface area (Å²) in [4.78, 5) is 10.7. The zero-order chi connectivity index (χ0) is 11.2. The van der Waals surface area contributed by atoms with Crippen molar-refractivity contribution in [1.29, 1.82) is 5.15 Å². The normalized spacial score (nSPS) is 9.54. The minimum Gasteiger partial charge on any atom is -0.396 e. The number of nitrogens with one attached hydrogen (secondary N) is 3. The smallest absolute Gasteiger partial charge is 0.335 e. The van der Waals surface area contributed by atoms with E-state index in [1.807, 2.05) is 0 Å². The summed E-state index contributed by atoms with van der Waals surface area (Å²) in [5.74, 6) is 0. The van der Waals surface area contributed by atoms with Crippen molar-refractivity contribution < 1.29 is 11.3 Å². The molecule has 7 heteroatoms. The van der Waals surface area contributed by atoms with E-state index in [9.17, 15) is 4.79 Å². The molecule has 0 aliphatic carbocycles. The molecule has 0 atom stereocenters. The molecule has 0 bridgehead atoms. The molecule has 0 aromatic rings. The minimum absolute atomic E-state index is 0.0807. The molecule has 0 unspecified atom stereocenters. The Kier molecular flexibility index (Phi) is 12.5. The Morgan fingerprint density at radius 1 is 1.92 bits per heavy atom. The number of aliphatic hydroxyl groups is 1. The fraction of sp³-hybridized carbons (Fsp3) is 0.667. The fourth-order valence-corrected chi connectivity index (χ4v) is 0.444. The lowest BCUT2D eigenvalue weighted by atomic mass is 10.4. The zero-order valence-corrected chi connectivity index (χ0v) is 8.45. The van der Waals surface area contributed by atoms with Gasteiger partial charge < -0.3 is 10.4 Å². The molecule has 0 aromatic heterocycles. The summed E-state index contributed by atoms with van der Waals surface area (Å²) in [7, 11) is 2.48. The number of nitrogens with zero attached hydrogens (tertiary/aromatic N) is 1. The maximum absolute atomic E-state index is 10.7. The number of amides is 2. The second-order valence-electron chi connectivity index (χ2n) is 1.83. The third-order valence-electron chi connectivity index (χ3n) is 0.916. The van der Waals surface area contributed by atoms with Crippen molar-refractivity contribution in [3.05, 3.63) is 0 Å². The number of aliphatic hydroxyl groups excluding tert-OH is 1. The Balaban J connectivity index is 0. The SMILES string of the molecule is CC=NNC(=O)NCCCO.[2H]N=P. The van der Waals surface area contributed by atoms with Crippen LogP contribution in [0.4, 0.5) is 4.79 Å². The van der Waals surface area contributed by atoms with Crippen LogP contribution in [0.15, 0.2) is 5.10 Å². The van der Waals surface area contributed by atoms with Gasteiger partial charge in [-0.1, -0.05) is 0 Å². The number of hydrogen-bond acceptors (Lipinski definition) is 4. The van der Waals surface area contributed by atoms with Gasteiger partial charge in [0.05, 0.1) is 0 Å². The van der Waals surface area contributed by atoms with Gasteiger partial charge in [-0.3, -0.25) is 5.15 Å². The van der Waals surface area contributed by atoms with Crippen molar-refractivity contribution in [2.75, 3.05) is 13.2 Å². The van der Waals surface area contributed by atoms with Crippen molar-refractivity contribution in [2.24, 2.45) is 5.10 Å². The van der Waals surface area contributed by atoms with Crippen LogP contribution >= 0.6 is 9.03 Å². The van der Waals surface area contributed by atoms with E-state index >= 15 is 0 Å². The van der Waals surface area contributed by atoms with Gasteiger partial charge in [-0.15, -0.1) is 0 Å². The van der Waals surface area contributed by atoms with Crippen molar-refractivity contribution in [3.8, 4) is 0 Å². The quantitative estimate of drug-likeness (QED) is 0.234. The van der Waals surface area contributed by atoms with E-state index in [0.29, 0.717) is 13.0 Å². The number of hydrogen-bond donors (Lipinski definition) is 4. The third-order valence-corrected chi connectivity index (χ3v) is 0.916. The molecule has 0 fully saturated rings. The van der Waals surface area contributed by atoms with E-state index in [1.54, 1.807) is 6.92 Å². The van der Waals surface area contributed by atoms with Crippen molar-refractivity contribution in [1.82, 2.24) is 10.7 Å². The molecule has 0 aliphatic rings. The molecule has 13 heavy (non-hydrogen) atoms. The van der Waals surface area contributed by atoms with Gasteiger partial charge >= 0.3 is 6.03 Å². The molecule has 0 rings (SSSR count). The lowest BCUT2D eigenvalue weighted by molar-refractivity contribution is 0.238. The predicted molar refractivity (Wildman–Crippen MR) is 53.4 cm³/mol. The number of carbonyl (C=O) groups is 1. The lowest BCUT2D eigenvalue weighted by Crippen LogP contribution is -2.33. The van der Waals surface area contributed by atoms with Gasteiger partial charge in [0.2, 0.25) is 0 Å². The predicted octanol–water partition coefficient (Wildman–Crippen LogP) is 0.565. The molecule has 2 amide bonds. The average molecular weight is 207 g/mol. The first kappa shape index (κ1) is 12.0. The molecule has 0 saturated carbocycles. The number of carbonyl (C=O) groups excluding carboxylic acids is 1. The van der Waals surface area contributed by atoms with Crippen LogP contribution in [0, 0.1) is 5.15 Å². The third kappa shape index (κ3) is 13.9. The summed E-state index contributed by atoms with van der Waals surface area (Å²) in [6, 6.07) is -0.350. The van der Waals surface area contributed by atoms with E-state index < -0.39 is 0 Å². The zero-order valence-electron chi connectivity index (χ0n) is 8.45. The molecular weight excluding hydrogens is 191 g/mol. The highest BCUT2D eigenvalue weighted by Gasteiger charge is 1.93. The number of urea groups is 1. The maximum atomic E-state index is 10.7. The van der Waals surface area contributed by atoms with Gasteiger partial charge in [-0.05, 0) is 22.4 Å². The van der Waals surface area contributed by atoms with Gasteiger partial charge in [-0.2, -0.15) is 5.10 Å². The van der Waals surface area contributed by atoms with Crippen molar-refractivity contribution in [2.45, 2.75) is 13.3 Å². The first-order valence-corrected chi connectivity index (χ1v) is 4.10. The molecule has 6 nitrogen and oxygen atoms in total. The van der Waals surface area contributed by atoms with Crippen LogP contribution in [0.1, 0.15) is 13.3 Å². The highest BCUT2D eigenvalue weighted by atomic mass is 31.0. The molecule has 0 heterocycles. The Morgan fingerprint density at radius 2 is 2.54 bits per heavy atom. The topological polar surface area (TPSA) is 97.6 Å². The van der Waals surface area contributed by atoms with E-state index in [2.05, 4.69) is 30.0 Å². The van der Waals surface area contributed by atoms with Crippen LogP contribution in [-0.2, 0) is 0 Å². The molecular formula is C6H15N4O2P. The molecule has 0 spiro atoms. The van der Waals surface area contributed by atoms with E-state index in [1.165, 1.54) is 6.21 Å². The van der Waals surface area contributed by atoms with Crippen LogP contribution in [0.2, 0.25) is 1.41 Å². The summed E-state index contributed by atoms with van der Waals surface area (Å²) >= 11 is 0. The van der Waals surface area contributed by atoms with Crippen LogP contribution in [0.5, 0.6) is 0 Å². The standard InChI is InChI=1S/C6H13N3O2.H2NP/c1-2-8-9-6(11)7-4-3-5-10;1-2/h2,10H,3-5H2,1H3,(H2,7,9,11);1-2H/i/hD. The summed E-state index contributed by atoms with van der Waals surface area (Å²) in [6.07, 6.45) is 2.04. The van der Waals surface area contributed by atoms with E-state index in [4.69, 9.17) is 6.52 Å². The van der Waals surface area contributed by atoms with Gasteiger partial charge in [0, 0.05) is 19.4 Å². The van der Waals surface area contributed by atoms with Crippen molar-refractivity contribution >= 4 is 21.3 Å². The summed E-state index contributed by atoms with van der Waals surface area (Å²) in [5.41, 5.74) is 2.23. The highest BCUT2D eigenvalue weighted by Crippen LogP contribution is 1.71. The molecule has 0 aromatic carbocycles. The Labute approximate surface area is 81.0 Å². The van der Waals surface area contributed by atoms with Gasteiger partial charge in [-0.25, -0.2) is 10.2 Å². The van der Waals surface area contributed by atoms with Crippen LogP contribution in [0.25, 0.3) is 0 Å². The Bertz CT molecular complexity index is 179. The molecule has 0 radical (unpaired) electrons. The fourth-order valence-electron chi connectivity index (χ4n) is 0.444. The first-order valence-electron chi connectivity index (χ1n) is 4.10. The number of rotatable bonds is 4. The summed E-state index contributed by atoms with van der Waals surface area (Å²) in [5, 5.41) is 16.9.